The summed E-state index contributed by atoms with van der Waals surface area (Å²) in [6.45, 7) is 4.16. The second-order valence-corrected chi connectivity index (χ2v) is 4.05. The Labute approximate surface area is 111 Å². The maximum atomic E-state index is 12.3. The molecule has 1 N–H and O–H groups in total. The monoisotopic (exact) mass is 255 g/mol. The van der Waals surface area contributed by atoms with Gasteiger partial charge in [-0.15, -0.1) is 0 Å². The van der Waals surface area contributed by atoms with Crippen LogP contribution in [0.4, 0.5) is 0 Å². The Bertz CT molecular complexity index is 582. The number of carbonyl (C=O) groups is 1. The molecule has 0 saturated carbocycles. The van der Waals surface area contributed by atoms with E-state index in [2.05, 4.69) is 11.6 Å². The number of carbonyl (C=O) groups excluding carboxylic acids is 1. The van der Waals surface area contributed by atoms with Crippen molar-refractivity contribution < 1.29 is 14.5 Å². The Morgan fingerprint density at radius 1 is 1.37 bits per heavy atom. The van der Waals surface area contributed by atoms with Gasteiger partial charge in [-0.3, -0.25) is 9.78 Å². The molecule has 4 heteroatoms. The van der Waals surface area contributed by atoms with Gasteiger partial charge in [0.05, 0.1) is 5.69 Å². The van der Waals surface area contributed by atoms with Crippen molar-refractivity contribution in [3.05, 3.63) is 72.8 Å². The number of aliphatic hydroxyl groups is 1. The Kier molecular flexibility index (Phi) is 4.15. The molecular formula is C15H15N2O2+. The highest BCUT2D eigenvalue weighted by Crippen LogP contribution is 2.14. The standard InChI is InChI=1S/C15H15N2O2/c1-2-10-17-11-6-4-8-13(17)15(19)14(18)12-7-3-5-9-16-12/h2-9,11,14,18H,1,10H2/q+1. The van der Waals surface area contributed by atoms with Crippen LogP contribution in [0.2, 0.25) is 0 Å². The third kappa shape index (κ3) is 2.92. The molecule has 1 unspecified atom stereocenters. The van der Waals surface area contributed by atoms with Crippen LogP contribution in [-0.2, 0) is 6.54 Å². The lowest BCUT2D eigenvalue weighted by Crippen LogP contribution is -2.40. The third-order valence-corrected chi connectivity index (χ3v) is 2.74. The topological polar surface area (TPSA) is 54.1 Å². The number of allylic oxidation sites excluding steroid dienone is 1. The quantitative estimate of drug-likeness (QED) is 0.500. The van der Waals surface area contributed by atoms with Crippen LogP contribution < -0.4 is 4.57 Å². The lowest BCUT2D eigenvalue weighted by molar-refractivity contribution is -0.688. The van der Waals surface area contributed by atoms with Crippen LogP contribution in [0, 0.1) is 0 Å². The van der Waals surface area contributed by atoms with E-state index in [1.54, 1.807) is 53.4 Å². The van der Waals surface area contributed by atoms with E-state index in [-0.39, 0.29) is 5.78 Å². The van der Waals surface area contributed by atoms with E-state index in [0.717, 1.165) is 0 Å². The van der Waals surface area contributed by atoms with Crippen LogP contribution in [0.5, 0.6) is 0 Å². The predicted molar refractivity (Wildman–Crippen MR) is 70.4 cm³/mol. The van der Waals surface area contributed by atoms with Crippen LogP contribution in [-0.4, -0.2) is 15.9 Å². The lowest BCUT2D eigenvalue weighted by atomic mass is 10.1. The third-order valence-electron chi connectivity index (χ3n) is 2.74. The number of Topliss-reactive ketones (excluding diaryl/α,β-unsaturated/α-hetero) is 1. The molecule has 0 aliphatic carbocycles. The molecule has 2 aromatic rings. The first kappa shape index (κ1) is 13.1. The van der Waals surface area contributed by atoms with E-state index in [4.69, 9.17) is 0 Å². The summed E-state index contributed by atoms with van der Waals surface area (Å²) in [4.78, 5) is 16.3. The minimum Gasteiger partial charge on any atom is -0.378 e. The van der Waals surface area contributed by atoms with Crippen LogP contribution in [0.1, 0.15) is 22.3 Å². The van der Waals surface area contributed by atoms with Gasteiger partial charge in [0, 0.05) is 18.3 Å². The van der Waals surface area contributed by atoms with Crippen molar-refractivity contribution in [1.82, 2.24) is 4.98 Å². The molecular weight excluding hydrogens is 240 g/mol. The molecule has 0 fully saturated rings. The average Bonchev–Trinajstić information content (AvgIpc) is 2.47. The van der Waals surface area contributed by atoms with E-state index >= 15 is 0 Å². The molecule has 4 nitrogen and oxygen atoms in total. The van der Waals surface area contributed by atoms with Gasteiger partial charge in [-0.1, -0.05) is 12.6 Å². The molecule has 0 aliphatic rings. The van der Waals surface area contributed by atoms with E-state index in [0.29, 0.717) is 17.9 Å². The molecule has 0 spiro atoms. The van der Waals surface area contributed by atoms with Crippen molar-refractivity contribution in [2.24, 2.45) is 0 Å². The number of aliphatic hydroxyl groups excluding tert-OH is 1. The summed E-state index contributed by atoms with van der Waals surface area (Å²) in [6.07, 6.45) is 3.78. The Balaban J connectivity index is 2.32. The van der Waals surface area contributed by atoms with E-state index < -0.39 is 6.10 Å². The first-order chi connectivity index (χ1) is 9.24. The molecule has 2 rings (SSSR count). The molecule has 0 aromatic carbocycles. The number of aromatic nitrogens is 2. The maximum Gasteiger partial charge on any atom is 0.260 e. The van der Waals surface area contributed by atoms with Crippen molar-refractivity contribution >= 4 is 5.78 Å². The normalized spacial score (nSPS) is 11.8. The van der Waals surface area contributed by atoms with Crippen molar-refractivity contribution in [3.8, 4) is 0 Å². The van der Waals surface area contributed by atoms with Crippen LogP contribution in [0.3, 0.4) is 0 Å². The number of ketones is 1. The average molecular weight is 255 g/mol. The zero-order valence-corrected chi connectivity index (χ0v) is 10.4. The van der Waals surface area contributed by atoms with Crippen LogP contribution in [0.15, 0.2) is 61.4 Å². The lowest BCUT2D eigenvalue weighted by Gasteiger charge is -2.07. The first-order valence-electron chi connectivity index (χ1n) is 5.96. The summed E-state index contributed by atoms with van der Waals surface area (Å²) < 4.78 is 1.74. The number of rotatable bonds is 5. The van der Waals surface area contributed by atoms with Gasteiger partial charge in [-0.25, -0.2) is 0 Å². The van der Waals surface area contributed by atoms with Crippen molar-refractivity contribution in [1.29, 1.82) is 0 Å². The minimum atomic E-state index is -1.25. The highest BCUT2D eigenvalue weighted by molar-refractivity contribution is 5.96. The number of pyridine rings is 2. The van der Waals surface area contributed by atoms with E-state index in [1.807, 2.05) is 6.07 Å². The number of nitrogens with zero attached hydrogens (tertiary/aromatic N) is 2. The fourth-order valence-corrected chi connectivity index (χ4v) is 1.81. The summed E-state index contributed by atoms with van der Waals surface area (Å²) >= 11 is 0. The summed E-state index contributed by atoms with van der Waals surface area (Å²) in [7, 11) is 0. The number of hydrogen-bond acceptors (Lipinski definition) is 3. The van der Waals surface area contributed by atoms with Gasteiger partial charge in [-0.2, -0.15) is 4.57 Å². The summed E-state index contributed by atoms with van der Waals surface area (Å²) in [5.41, 5.74) is 0.780. The highest BCUT2D eigenvalue weighted by Gasteiger charge is 2.27. The van der Waals surface area contributed by atoms with E-state index in [9.17, 15) is 9.90 Å². The van der Waals surface area contributed by atoms with Crippen LogP contribution in [0.25, 0.3) is 0 Å². The predicted octanol–water partition coefficient (Wildman–Crippen LogP) is 1.47. The molecule has 2 aromatic heterocycles. The SMILES string of the molecule is C=CC[n+]1ccccc1C(=O)C(O)c1ccccn1. The first-order valence-corrected chi connectivity index (χ1v) is 5.96. The molecule has 19 heavy (non-hydrogen) atoms. The zero-order valence-electron chi connectivity index (χ0n) is 10.4. The van der Waals surface area contributed by atoms with Crippen LogP contribution >= 0.6 is 0 Å². The molecule has 96 valence electrons. The minimum absolute atomic E-state index is 0.349. The Morgan fingerprint density at radius 3 is 2.84 bits per heavy atom. The van der Waals surface area contributed by atoms with Gasteiger partial charge in [-0.05, 0) is 24.3 Å². The molecule has 0 aliphatic heterocycles. The van der Waals surface area contributed by atoms with Crippen molar-refractivity contribution in [2.45, 2.75) is 12.6 Å². The maximum absolute atomic E-state index is 12.3. The summed E-state index contributed by atoms with van der Waals surface area (Å²) in [5.74, 6) is -0.374. The smallest absolute Gasteiger partial charge is 0.260 e. The van der Waals surface area contributed by atoms with E-state index in [1.165, 1.54) is 0 Å². The van der Waals surface area contributed by atoms with Gasteiger partial charge in [0.2, 0.25) is 0 Å². The molecule has 0 saturated heterocycles. The summed E-state index contributed by atoms with van der Waals surface area (Å²) in [6, 6.07) is 10.4. The van der Waals surface area contributed by atoms with Gasteiger partial charge >= 0.3 is 0 Å². The van der Waals surface area contributed by atoms with Gasteiger partial charge in [0.15, 0.2) is 18.8 Å². The summed E-state index contributed by atoms with van der Waals surface area (Å²) in [5, 5.41) is 10.1. The molecule has 0 radical (unpaired) electrons. The van der Waals surface area contributed by atoms with Gasteiger partial charge < -0.3 is 5.11 Å². The second-order valence-electron chi connectivity index (χ2n) is 4.05. The van der Waals surface area contributed by atoms with Gasteiger partial charge in [0.25, 0.3) is 11.5 Å². The zero-order chi connectivity index (χ0) is 13.7. The van der Waals surface area contributed by atoms with Gasteiger partial charge in [0.1, 0.15) is 0 Å². The highest BCUT2D eigenvalue weighted by atomic mass is 16.3. The fourth-order valence-electron chi connectivity index (χ4n) is 1.81. The number of hydrogen-bond donors (Lipinski definition) is 1. The Morgan fingerprint density at radius 2 is 2.16 bits per heavy atom. The molecule has 1 atom stereocenters. The fraction of sp³-hybridized carbons (Fsp3) is 0.133. The second kappa shape index (κ2) is 6.02. The van der Waals surface area contributed by atoms with Crippen molar-refractivity contribution in [2.75, 3.05) is 0 Å². The Hall–Kier alpha value is -2.33. The van der Waals surface area contributed by atoms with Crippen molar-refractivity contribution in [3.63, 3.8) is 0 Å². The molecule has 0 amide bonds. The largest absolute Gasteiger partial charge is 0.378 e. The molecule has 0 bridgehead atoms. The molecule has 2 heterocycles.